The van der Waals surface area contributed by atoms with Gasteiger partial charge in [0.05, 0.1) is 12.6 Å². The Morgan fingerprint density at radius 2 is 2.08 bits per heavy atom. The summed E-state index contributed by atoms with van der Waals surface area (Å²) in [4.78, 5) is 17.2. The molecule has 1 aliphatic carbocycles. The summed E-state index contributed by atoms with van der Waals surface area (Å²) in [5, 5.41) is 2.83. The van der Waals surface area contributed by atoms with Crippen LogP contribution in [0.1, 0.15) is 52.9 Å². The number of nitrogens with one attached hydrogen (secondary N) is 1. The van der Waals surface area contributed by atoms with E-state index in [0.717, 1.165) is 24.8 Å². The summed E-state index contributed by atoms with van der Waals surface area (Å²) < 4.78 is 5.60. The van der Waals surface area contributed by atoms with Crippen molar-refractivity contribution in [1.29, 1.82) is 0 Å². The molecule has 3 rings (SSSR count). The van der Waals surface area contributed by atoms with Gasteiger partial charge in [-0.2, -0.15) is 0 Å². The third kappa shape index (κ3) is 4.27. The lowest BCUT2D eigenvalue weighted by Crippen LogP contribution is -2.33. The van der Waals surface area contributed by atoms with Crippen molar-refractivity contribution in [3.63, 3.8) is 0 Å². The molecular formula is C21H24N2O2. The van der Waals surface area contributed by atoms with E-state index >= 15 is 0 Å². The lowest BCUT2D eigenvalue weighted by molar-refractivity contribution is 0.0966. The fourth-order valence-corrected chi connectivity index (χ4v) is 3.20. The maximum Gasteiger partial charge on any atom is 0.292 e. The lowest BCUT2D eigenvalue weighted by Gasteiger charge is -2.23. The highest BCUT2D eigenvalue weighted by atomic mass is 16.5. The van der Waals surface area contributed by atoms with Crippen molar-refractivity contribution >= 4 is 11.9 Å². The third-order valence-corrected chi connectivity index (χ3v) is 4.39. The van der Waals surface area contributed by atoms with Gasteiger partial charge in [-0.15, -0.1) is 0 Å². The van der Waals surface area contributed by atoms with Crippen LogP contribution in [0, 0.1) is 6.92 Å². The normalized spacial score (nSPS) is 16.9. The van der Waals surface area contributed by atoms with Gasteiger partial charge in [-0.1, -0.05) is 42.0 Å². The number of fused-ring (bicyclic) bond motifs is 1. The maximum atomic E-state index is 12.5. The van der Waals surface area contributed by atoms with Gasteiger partial charge in [0, 0.05) is 5.56 Å². The minimum Gasteiger partial charge on any atom is -0.465 e. The van der Waals surface area contributed by atoms with Crippen LogP contribution in [0.25, 0.3) is 0 Å². The van der Waals surface area contributed by atoms with E-state index in [2.05, 4.69) is 23.5 Å². The van der Waals surface area contributed by atoms with Crippen molar-refractivity contribution in [1.82, 2.24) is 5.32 Å². The van der Waals surface area contributed by atoms with Crippen molar-refractivity contribution < 1.29 is 9.53 Å². The molecular weight excluding hydrogens is 312 g/mol. The molecule has 0 fully saturated rings. The highest BCUT2D eigenvalue weighted by molar-refractivity contribution is 6.04. The van der Waals surface area contributed by atoms with Gasteiger partial charge in [-0.3, -0.25) is 10.1 Å². The smallest absolute Gasteiger partial charge is 0.292 e. The number of rotatable bonds is 3. The molecule has 0 saturated heterocycles. The van der Waals surface area contributed by atoms with Crippen molar-refractivity contribution in [3.8, 4) is 0 Å². The monoisotopic (exact) mass is 336 g/mol. The molecule has 2 aromatic rings. The Bertz CT molecular complexity index is 783. The molecule has 0 aromatic heterocycles. The van der Waals surface area contributed by atoms with Crippen LogP contribution >= 0.6 is 0 Å². The van der Waals surface area contributed by atoms with Crippen LogP contribution in [0.5, 0.6) is 0 Å². The molecule has 1 N–H and O–H groups in total. The molecule has 0 aliphatic heterocycles. The van der Waals surface area contributed by atoms with Crippen LogP contribution in [-0.2, 0) is 11.2 Å². The van der Waals surface area contributed by atoms with Crippen LogP contribution in [0.3, 0.4) is 0 Å². The number of benzene rings is 2. The second-order valence-corrected chi connectivity index (χ2v) is 6.30. The first-order valence-corrected chi connectivity index (χ1v) is 8.84. The van der Waals surface area contributed by atoms with Crippen LogP contribution < -0.4 is 5.32 Å². The zero-order chi connectivity index (χ0) is 17.6. The number of aryl methyl sites for hydroxylation is 2. The average molecular weight is 336 g/mol. The molecule has 1 atom stereocenters. The zero-order valence-electron chi connectivity index (χ0n) is 14.8. The van der Waals surface area contributed by atoms with E-state index in [0.29, 0.717) is 18.2 Å². The van der Waals surface area contributed by atoms with E-state index in [9.17, 15) is 4.79 Å². The number of amidine groups is 1. The second-order valence-electron chi connectivity index (χ2n) is 6.30. The zero-order valence-corrected chi connectivity index (χ0v) is 14.8. The third-order valence-electron chi connectivity index (χ3n) is 4.39. The number of hydrogen-bond donors (Lipinski definition) is 1. The fraction of sp³-hybridized carbons (Fsp3) is 0.333. The summed E-state index contributed by atoms with van der Waals surface area (Å²) in [5.41, 5.74) is 4.22. The van der Waals surface area contributed by atoms with Crippen molar-refractivity contribution in [2.45, 2.75) is 39.2 Å². The molecule has 0 spiro atoms. The Morgan fingerprint density at radius 1 is 1.24 bits per heavy atom. The predicted octanol–water partition coefficient (Wildman–Crippen LogP) is 4.19. The first-order chi connectivity index (χ1) is 12.2. The van der Waals surface area contributed by atoms with E-state index in [-0.39, 0.29) is 11.9 Å². The molecule has 0 bridgehead atoms. The number of carbonyl (C=O) groups excluding carboxylic acids is 1. The molecule has 0 radical (unpaired) electrons. The number of carbonyl (C=O) groups is 1. The summed E-state index contributed by atoms with van der Waals surface area (Å²) in [6, 6.07) is 16.2. The first-order valence-electron chi connectivity index (χ1n) is 8.84. The molecule has 130 valence electrons. The topological polar surface area (TPSA) is 50.7 Å². The lowest BCUT2D eigenvalue weighted by atomic mass is 9.88. The molecule has 0 unspecified atom stereocenters. The quantitative estimate of drug-likeness (QED) is 0.675. The standard InChI is InChI=1S/C21H24N2O2/c1-3-25-21(23-20(24)17-11-6-8-15(2)14-17)22-19-13-7-10-16-9-4-5-12-18(16)19/h4-6,8-9,11-12,14,19H,3,7,10,13H2,1-2H3,(H,22,23,24)/t19-/m1/s1. The molecule has 1 aliphatic rings. The number of nitrogens with zero attached hydrogens (tertiary/aromatic N) is 1. The van der Waals surface area contributed by atoms with Crippen LogP contribution in [0.15, 0.2) is 53.5 Å². The van der Waals surface area contributed by atoms with Gasteiger partial charge in [0.1, 0.15) is 0 Å². The van der Waals surface area contributed by atoms with Gasteiger partial charge < -0.3 is 4.74 Å². The fourth-order valence-electron chi connectivity index (χ4n) is 3.20. The highest BCUT2D eigenvalue weighted by Gasteiger charge is 2.21. The Labute approximate surface area is 148 Å². The Hall–Kier alpha value is -2.62. The van der Waals surface area contributed by atoms with Gasteiger partial charge in [-0.05, 0) is 56.4 Å². The Morgan fingerprint density at radius 3 is 2.88 bits per heavy atom. The van der Waals surface area contributed by atoms with Gasteiger partial charge in [-0.25, -0.2) is 4.99 Å². The second kappa shape index (κ2) is 7.97. The highest BCUT2D eigenvalue weighted by Crippen LogP contribution is 2.32. The van der Waals surface area contributed by atoms with E-state index in [1.165, 1.54) is 11.1 Å². The van der Waals surface area contributed by atoms with Gasteiger partial charge in [0.15, 0.2) is 0 Å². The maximum absolute atomic E-state index is 12.5. The average Bonchev–Trinajstić information content (AvgIpc) is 2.62. The van der Waals surface area contributed by atoms with Crippen molar-refractivity contribution in [3.05, 3.63) is 70.8 Å². The summed E-state index contributed by atoms with van der Waals surface area (Å²) >= 11 is 0. The molecule has 1 amide bonds. The Kier molecular flexibility index (Phi) is 5.49. The van der Waals surface area contributed by atoms with Gasteiger partial charge in [0.2, 0.25) is 0 Å². The number of amides is 1. The van der Waals surface area contributed by atoms with Crippen molar-refractivity contribution in [2.75, 3.05) is 6.61 Å². The molecule has 2 aromatic carbocycles. The van der Waals surface area contributed by atoms with E-state index in [1.54, 1.807) is 6.07 Å². The number of hydrogen-bond acceptors (Lipinski definition) is 3. The van der Waals surface area contributed by atoms with Gasteiger partial charge in [0.25, 0.3) is 11.9 Å². The molecule has 4 nitrogen and oxygen atoms in total. The molecule has 25 heavy (non-hydrogen) atoms. The molecule has 4 heteroatoms. The van der Waals surface area contributed by atoms with Crippen LogP contribution in [-0.4, -0.2) is 18.5 Å². The van der Waals surface area contributed by atoms with E-state index in [1.807, 2.05) is 38.1 Å². The summed E-state index contributed by atoms with van der Waals surface area (Å²) in [5.74, 6) is -0.194. The summed E-state index contributed by atoms with van der Waals surface area (Å²) in [6.45, 7) is 4.32. The van der Waals surface area contributed by atoms with Gasteiger partial charge >= 0.3 is 0 Å². The molecule has 0 saturated carbocycles. The van der Waals surface area contributed by atoms with E-state index < -0.39 is 0 Å². The largest absolute Gasteiger partial charge is 0.465 e. The minimum absolute atomic E-state index is 0.0318. The molecule has 0 heterocycles. The number of aliphatic imine (C=N–C) groups is 1. The predicted molar refractivity (Wildman–Crippen MR) is 99.8 cm³/mol. The summed E-state index contributed by atoms with van der Waals surface area (Å²) in [6.07, 6.45) is 3.14. The SMILES string of the molecule is CCOC(=N[C@@H]1CCCc2ccccc21)NC(=O)c1cccc(C)c1. The first kappa shape index (κ1) is 17.2. The summed E-state index contributed by atoms with van der Waals surface area (Å²) in [7, 11) is 0. The number of ether oxygens (including phenoxy) is 1. The van der Waals surface area contributed by atoms with E-state index in [4.69, 9.17) is 9.73 Å². The van der Waals surface area contributed by atoms with Crippen molar-refractivity contribution in [2.24, 2.45) is 4.99 Å². The Balaban J connectivity index is 1.81. The van der Waals surface area contributed by atoms with Crippen LogP contribution in [0.2, 0.25) is 0 Å². The van der Waals surface area contributed by atoms with Crippen LogP contribution in [0.4, 0.5) is 0 Å². The minimum atomic E-state index is -0.194.